The van der Waals surface area contributed by atoms with Crippen LogP contribution in [0.3, 0.4) is 0 Å². The maximum Gasteiger partial charge on any atom is 0.253 e. The molecule has 1 amide bonds. The molecule has 2 rings (SSSR count). The standard InChI is InChI=1S/C15H11Cl2F2NO/c1-8-4-9(2-3-13(8)18)7-20-15(21)10-5-14(19)12(17)6-11(10)16/h2-6H,7H2,1H3,(H,20,21). The minimum absolute atomic E-state index is 0.00241. The molecule has 2 nitrogen and oxygen atoms in total. The summed E-state index contributed by atoms with van der Waals surface area (Å²) in [6.07, 6.45) is 0. The van der Waals surface area contributed by atoms with Crippen molar-refractivity contribution in [2.24, 2.45) is 0 Å². The summed E-state index contributed by atoms with van der Waals surface area (Å²) in [7, 11) is 0. The molecular formula is C15H11Cl2F2NO. The molecule has 0 bridgehead atoms. The van der Waals surface area contributed by atoms with E-state index in [2.05, 4.69) is 5.32 Å². The highest BCUT2D eigenvalue weighted by molar-refractivity contribution is 6.36. The third-order valence-corrected chi connectivity index (χ3v) is 3.53. The molecule has 0 atom stereocenters. The molecule has 21 heavy (non-hydrogen) atoms. The highest BCUT2D eigenvalue weighted by Gasteiger charge is 2.14. The van der Waals surface area contributed by atoms with Crippen molar-refractivity contribution >= 4 is 29.1 Å². The Hall–Kier alpha value is -1.65. The van der Waals surface area contributed by atoms with Crippen molar-refractivity contribution in [1.29, 1.82) is 0 Å². The van der Waals surface area contributed by atoms with E-state index >= 15 is 0 Å². The molecule has 0 saturated heterocycles. The second-order valence-electron chi connectivity index (χ2n) is 4.51. The van der Waals surface area contributed by atoms with E-state index < -0.39 is 11.7 Å². The van der Waals surface area contributed by atoms with Crippen LogP contribution in [0.2, 0.25) is 10.0 Å². The number of hydrogen-bond acceptors (Lipinski definition) is 1. The summed E-state index contributed by atoms with van der Waals surface area (Å²) in [6.45, 7) is 1.81. The summed E-state index contributed by atoms with van der Waals surface area (Å²) in [4.78, 5) is 12.0. The summed E-state index contributed by atoms with van der Waals surface area (Å²) in [5, 5.41) is 2.51. The fourth-order valence-corrected chi connectivity index (χ4v) is 2.26. The summed E-state index contributed by atoms with van der Waals surface area (Å²) in [6, 6.07) is 6.67. The first-order valence-corrected chi connectivity index (χ1v) is 6.82. The third-order valence-electron chi connectivity index (χ3n) is 2.93. The molecule has 2 aromatic carbocycles. The maximum atomic E-state index is 13.4. The van der Waals surface area contributed by atoms with Crippen LogP contribution in [0.5, 0.6) is 0 Å². The van der Waals surface area contributed by atoms with Crippen molar-refractivity contribution in [3.8, 4) is 0 Å². The molecule has 0 fully saturated rings. The van der Waals surface area contributed by atoms with Crippen molar-refractivity contribution in [3.63, 3.8) is 0 Å². The van der Waals surface area contributed by atoms with Gasteiger partial charge in [0, 0.05) is 6.54 Å². The number of halogens is 4. The molecule has 6 heteroatoms. The minimum atomic E-state index is -0.719. The van der Waals surface area contributed by atoms with Gasteiger partial charge in [-0.3, -0.25) is 4.79 Å². The van der Waals surface area contributed by atoms with E-state index in [1.807, 2.05) is 0 Å². The zero-order valence-corrected chi connectivity index (χ0v) is 12.5. The van der Waals surface area contributed by atoms with E-state index in [9.17, 15) is 13.6 Å². The number of carbonyl (C=O) groups is 1. The Morgan fingerprint density at radius 2 is 1.81 bits per heavy atom. The fraction of sp³-hybridized carbons (Fsp3) is 0.133. The van der Waals surface area contributed by atoms with Gasteiger partial charge in [-0.1, -0.05) is 35.3 Å². The van der Waals surface area contributed by atoms with Gasteiger partial charge in [-0.2, -0.15) is 0 Å². The van der Waals surface area contributed by atoms with E-state index in [4.69, 9.17) is 23.2 Å². The Morgan fingerprint density at radius 3 is 2.48 bits per heavy atom. The Bertz CT molecular complexity index is 704. The van der Waals surface area contributed by atoms with Crippen molar-refractivity contribution in [2.75, 3.05) is 0 Å². The van der Waals surface area contributed by atoms with Gasteiger partial charge >= 0.3 is 0 Å². The molecule has 0 radical (unpaired) electrons. The van der Waals surface area contributed by atoms with Crippen LogP contribution in [-0.2, 0) is 6.54 Å². The largest absolute Gasteiger partial charge is 0.348 e. The number of nitrogens with one attached hydrogen (secondary N) is 1. The highest BCUT2D eigenvalue weighted by Crippen LogP contribution is 2.24. The first-order chi connectivity index (χ1) is 9.88. The Kier molecular flexibility index (Phi) is 4.80. The predicted molar refractivity (Wildman–Crippen MR) is 78.7 cm³/mol. The van der Waals surface area contributed by atoms with E-state index in [1.54, 1.807) is 19.1 Å². The Morgan fingerprint density at radius 1 is 1.10 bits per heavy atom. The summed E-state index contributed by atoms with van der Waals surface area (Å²) < 4.78 is 26.5. The van der Waals surface area contributed by atoms with E-state index in [1.165, 1.54) is 12.1 Å². The van der Waals surface area contributed by atoms with Crippen LogP contribution < -0.4 is 5.32 Å². The molecule has 110 valence electrons. The monoisotopic (exact) mass is 329 g/mol. The van der Waals surface area contributed by atoms with Gasteiger partial charge in [-0.15, -0.1) is 0 Å². The number of rotatable bonds is 3. The molecule has 0 aliphatic heterocycles. The number of benzene rings is 2. The molecule has 0 saturated carbocycles. The fourth-order valence-electron chi connectivity index (χ4n) is 1.79. The zero-order chi connectivity index (χ0) is 15.6. The molecular weight excluding hydrogens is 319 g/mol. The van der Waals surface area contributed by atoms with Gasteiger partial charge in [-0.25, -0.2) is 8.78 Å². The molecule has 0 unspecified atom stereocenters. The van der Waals surface area contributed by atoms with Crippen molar-refractivity contribution in [3.05, 3.63) is 68.7 Å². The van der Waals surface area contributed by atoms with Gasteiger partial charge in [0.15, 0.2) is 0 Å². The van der Waals surface area contributed by atoms with Gasteiger partial charge in [0.2, 0.25) is 0 Å². The molecule has 0 aliphatic carbocycles. The Labute approximate surface area is 130 Å². The smallest absolute Gasteiger partial charge is 0.253 e. The average molecular weight is 330 g/mol. The molecule has 0 spiro atoms. The van der Waals surface area contributed by atoms with Crippen LogP contribution in [0.25, 0.3) is 0 Å². The molecule has 0 aromatic heterocycles. The second kappa shape index (κ2) is 6.41. The van der Waals surface area contributed by atoms with E-state index in [0.29, 0.717) is 5.56 Å². The highest BCUT2D eigenvalue weighted by atomic mass is 35.5. The van der Waals surface area contributed by atoms with Gasteiger partial charge in [0.1, 0.15) is 11.6 Å². The topological polar surface area (TPSA) is 29.1 Å². The van der Waals surface area contributed by atoms with Crippen molar-refractivity contribution in [1.82, 2.24) is 5.32 Å². The van der Waals surface area contributed by atoms with Crippen molar-refractivity contribution in [2.45, 2.75) is 13.5 Å². The lowest BCUT2D eigenvalue weighted by Crippen LogP contribution is -2.23. The lowest BCUT2D eigenvalue weighted by atomic mass is 10.1. The first kappa shape index (κ1) is 15.7. The molecule has 0 heterocycles. The van der Waals surface area contributed by atoms with Crippen LogP contribution in [0.1, 0.15) is 21.5 Å². The number of amides is 1. The SMILES string of the molecule is Cc1cc(CNC(=O)c2cc(F)c(Cl)cc2Cl)ccc1F. The van der Waals surface area contributed by atoms with Crippen molar-refractivity contribution < 1.29 is 13.6 Å². The maximum absolute atomic E-state index is 13.4. The number of carbonyl (C=O) groups excluding carboxylic acids is 1. The lowest BCUT2D eigenvalue weighted by Gasteiger charge is -2.08. The van der Waals surface area contributed by atoms with Crippen LogP contribution in [-0.4, -0.2) is 5.91 Å². The summed E-state index contributed by atoms with van der Waals surface area (Å²) >= 11 is 11.4. The van der Waals surface area contributed by atoms with Gasteiger partial charge in [0.05, 0.1) is 15.6 Å². The third kappa shape index (κ3) is 3.71. The molecule has 1 N–H and O–H groups in total. The molecule has 0 aliphatic rings. The van der Waals surface area contributed by atoms with Gasteiger partial charge in [-0.05, 0) is 36.2 Å². The number of hydrogen-bond donors (Lipinski definition) is 1. The predicted octanol–water partition coefficient (Wildman–Crippen LogP) is 4.51. The van der Waals surface area contributed by atoms with Crippen LogP contribution in [0, 0.1) is 18.6 Å². The quantitative estimate of drug-likeness (QED) is 0.825. The van der Waals surface area contributed by atoms with E-state index in [-0.39, 0.29) is 28.0 Å². The van der Waals surface area contributed by atoms with Crippen LogP contribution in [0.4, 0.5) is 8.78 Å². The van der Waals surface area contributed by atoms with Gasteiger partial charge < -0.3 is 5.32 Å². The second-order valence-corrected chi connectivity index (χ2v) is 5.33. The molecule has 2 aromatic rings. The minimum Gasteiger partial charge on any atom is -0.348 e. The van der Waals surface area contributed by atoms with Gasteiger partial charge in [0.25, 0.3) is 5.91 Å². The zero-order valence-electron chi connectivity index (χ0n) is 11.0. The van der Waals surface area contributed by atoms with Crippen LogP contribution >= 0.6 is 23.2 Å². The average Bonchev–Trinajstić information content (AvgIpc) is 2.44. The van der Waals surface area contributed by atoms with E-state index in [0.717, 1.165) is 11.6 Å². The summed E-state index contributed by atoms with van der Waals surface area (Å²) in [5.41, 5.74) is 1.21. The number of aryl methyl sites for hydroxylation is 1. The normalized spacial score (nSPS) is 10.5. The lowest BCUT2D eigenvalue weighted by molar-refractivity contribution is 0.0950. The first-order valence-electron chi connectivity index (χ1n) is 6.06. The van der Waals surface area contributed by atoms with Crippen LogP contribution in [0.15, 0.2) is 30.3 Å². The Balaban J connectivity index is 2.11. The summed E-state index contributed by atoms with van der Waals surface area (Å²) in [5.74, 6) is -1.56.